The Labute approximate surface area is 187 Å². The molecule has 3 aromatic rings. The van der Waals surface area contributed by atoms with Crippen molar-refractivity contribution in [2.24, 2.45) is 0 Å². The van der Waals surface area contributed by atoms with E-state index in [-0.39, 0.29) is 25.5 Å². The maximum absolute atomic E-state index is 13.6. The molecule has 0 saturated carbocycles. The zero-order valence-electron chi connectivity index (χ0n) is 18.1. The number of aryl methyl sites for hydroxylation is 2. The minimum Gasteiger partial charge on any atom is -0.464 e. The van der Waals surface area contributed by atoms with Gasteiger partial charge in [-0.25, -0.2) is 9.18 Å². The average Bonchev–Trinajstić information content (AvgIpc) is 3.17. The third-order valence-electron chi connectivity index (χ3n) is 6.02. The number of aliphatic hydroxyl groups excluding tert-OH is 2. The van der Waals surface area contributed by atoms with E-state index in [0.29, 0.717) is 5.56 Å². The number of fused-ring (bicyclic) bond motifs is 1. The summed E-state index contributed by atoms with van der Waals surface area (Å²) in [7, 11) is 0. The molecule has 1 aliphatic heterocycles. The fraction of sp³-hybridized carbons (Fsp3) is 0.409. The third kappa shape index (κ3) is 4.47. The monoisotopic (exact) mass is 460 g/mol. The Kier molecular flexibility index (Phi) is 6.19. The van der Waals surface area contributed by atoms with Gasteiger partial charge in [0.1, 0.15) is 23.9 Å². The Morgan fingerprint density at radius 2 is 2.09 bits per heavy atom. The highest BCUT2D eigenvalue weighted by atomic mass is 19.1. The van der Waals surface area contributed by atoms with Gasteiger partial charge in [-0.2, -0.15) is 4.98 Å². The Morgan fingerprint density at radius 3 is 2.85 bits per heavy atom. The predicted octanol–water partition coefficient (Wildman–Crippen LogP) is 0.176. The lowest BCUT2D eigenvalue weighted by atomic mass is 9.97. The van der Waals surface area contributed by atoms with Crippen molar-refractivity contribution in [2.75, 3.05) is 12.3 Å². The molecule has 0 unspecified atom stereocenters. The molecule has 33 heavy (non-hydrogen) atoms. The molecule has 4 atom stereocenters. The Morgan fingerprint density at radius 1 is 1.33 bits per heavy atom. The quantitative estimate of drug-likeness (QED) is 0.421. The molecule has 4 rings (SSSR count). The zero-order valence-corrected chi connectivity index (χ0v) is 18.1. The summed E-state index contributed by atoms with van der Waals surface area (Å²) in [5, 5.41) is 24.5. The van der Waals surface area contributed by atoms with Crippen molar-refractivity contribution >= 4 is 22.7 Å². The lowest BCUT2D eigenvalue weighted by Gasteiger charge is -2.38. The van der Waals surface area contributed by atoms with E-state index in [1.807, 2.05) is 26.0 Å². The number of carbonyl (C=O) groups is 1. The van der Waals surface area contributed by atoms with Crippen LogP contribution in [0.5, 0.6) is 0 Å². The SMILES string of the molecule is Cc1ccc2c(CC(=O)N[C@@H]3CO[C@H](Cn4cc(F)c(N)nc4=O)[C@@H](O)[C@H]3O)coc2c1C. The molecule has 3 heterocycles. The topological polar surface area (TPSA) is 153 Å². The number of rotatable bonds is 5. The van der Waals surface area contributed by atoms with Crippen LogP contribution in [0.2, 0.25) is 0 Å². The molecular formula is C22H25FN4O6. The first-order valence-electron chi connectivity index (χ1n) is 10.4. The summed E-state index contributed by atoms with van der Waals surface area (Å²) in [6.07, 6.45) is -1.39. The van der Waals surface area contributed by atoms with Gasteiger partial charge in [0.25, 0.3) is 0 Å². The van der Waals surface area contributed by atoms with E-state index < -0.39 is 41.7 Å². The number of nitrogen functional groups attached to an aromatic ring is 1. The molecule has 0 radical (unpaired) electrons. The van der Waals surface area contributed by atoms with Gasteiger partial charge in [0, 0.05) is 17.1 Å². The van der Waals surface area contributed by atoms with Crippen LogP contribution < -0.4 is 16.7 Å². The molecule has 176 valence electrons. The van der Waals surface area contributed by atoms with E-state index in [1.165, 1.54) is 6.26 Å². The normalized spacial score (nSPS) is 23.1. The molecule has 11 heteroatoms. The first-order chi connectivity index (χ1) is 15.7. The fourth-order valence-electron chi connectivity index (χ4n) is 3.93. The minimum absolute atomic E-state index is 0.0179. The molecule has 1 aromatic carbocycles. The van der Waals surface area contributed by atoms with Crippen molar-refractivity contribution in [2.45, 2.75) is 51.2 Å². The Hall–Kier alpha value is -3.28. The van der Waals surface area contributed by atoms with E-state index in [9.17, 15) is 24.2 Å². The van der Waals surface area contributed by atoms with Crippen LogP contribution in [0, 0.1) is 19.7 Å². The van der Waals surface area contributed by atoms with Crippen LogP contribution in [0.1, 0.15) is 16.7 Å². The maximum Gasteiger partial charge on any atom is 0.349 e. The second-order valence-corrected chi connectivity index (χ2v) is 8.26. The summed E-state index contributed by atoms with van der Waals surface area (Å²) in [4.78, 5) is 27.8. The number of furan rings is 1. The van der Waals surface area contributed by atoms with E-state index >= 15 is 0 Å². The van der Waals surface area contributed by atoms with Gasteiger partial charge in [0.05, 0.1) is 31.9 Å². The fourth-order valence-corrected chi connectivity index (χ4v) is 3.93. The zero-order chi connectivity index (χ0) is 23.9. The van der Waals surface area contributed by atoms with Gasteiger partial charge < -0.3 is 30.4 Å². The number of anilines is 1. The molecule has 1 saturated heterocycles. The van der Waals surface area contributed by atoms with Crippen LogP contribution >= 0.6 is 0 Å². The number of nitrogens with one attached hydrogen (secondary N) is 1. The number of halogens is 1. The molecular weight excluding hydrogens is 435 g/mol. The number of aromatic nitrogens is 2. The van der Waals surface area contributed by atoms with Crippen LogP contribution in [0.3, 0.4) is 0 Å². The first kappa shape index (κ1) is 22.9. The van der Waals surface area contributed by atoms with Gasteiger partial charge in [-0.1, -0.05) is 12.1 Å². The van der Waals surface area contributed by atoms with Crippen molar-refractivity contribution in [1.82, 2.24) is 14.9 Å². The molecule has 0 aliphatic carbocycles. The third-order valence-corrected chi connectivity index (χ3v) is 6.02. The van der Waals surface area contributed by atoms with Crippen molar-refractivity contribution in [3.05, 3.63) is 57.6 Å². The van der Waals surface area contributed by atoms with Gasteiger partial charge in [-0.15, -0.1) is 0 Å². The van der Waals surface area contributed by atoms with Crippen molar-refractivity contribution in [1.29, 1.82) is 0 Å². The number of amides is 1. The Bertz CT molecular complexity index is 1260. The standard InChI is InChI=1S/C22H25FN4O6/c1-10-3-4-13-12(8-33-20(13)11(10)2)5-17(28)25-15-9-32-16(19(30)18(15)29)7-27-6-14(23)21(24)26-22(27)31/h3-4,6,8,15-16,18-19,29-30H,5,7,9H2,1-2H3,(H,25,28)(H2,24,26,31)/t15-,16-,18+,19-/m1/s1. The average molecular weight is 460 g/mol. The van der Waals surface area contributed by atoms with Gasteiger partial charge >= 0.3 is 5.69 Å². The number of ether oxygens (including phenoxy) is 1. The number of aliphatic hydroxyl groups is 2. The molecule has 1 aliphatic rings. The second kappa shape index (κ2) is 8.93. The Balaban J connectivity index is 1.40. The smallest absolute Gasteiger partial charge is 0.349 e. The minimum atomic E-state index is -1.43. The number of benzene rings is 1. The number of nitrogens with two attached hydrogens (primary N) is 1. The van der Waals surface area contributed by atoms with Crippen molar-refractivity contribution in [3.63, 3.8) is 0 Å². The number of nitrogens with zero attached hydrogens (tertiary/aromatic N) is 2. The van der Waals surface area contributed by atoms with Crippen LogP contribution in [-0.2, 0) is 22.5 Å². The van der Waals surface area contributed by atoms with Gasteiger partial charge in [0.2, 0.25) is 5.91 Å². The lowest BCUT2D eigenvalue weighted by Crippen LogP contribution is -2.60. The van der Waals surface area contributed by atoms with E-state index in [0.717, 1.165) is 32.9 Å². The van der Waals surface area contributed by atoms with Crippen LogP contribution in [0.25, 0.3) is 11.0 Å². The summed E-state index contributed by atoms with van der Waals surface area (Å²) in [5.41, 5.74) is 7.96. The summed E-state index contributed by atoms with van der Waals surface area (Å²) in [5.74, 6) is -1.79. The highest BCUT2D eigenvalue weighted by molar-refractivity contribution is 5.89. The van der Waals surface area contributed by atoms with Gasteiger partial charge in [-0.3, -0.25) is 9.36 Å². The lowest BCUT2D eigenvalue weighted by molar-refractivity contribution is -0.158. The molecule has 5 N–H and O–H groups in total. The summed E-state index contributed by atoms with van der Waals surface area (Å²) in [6, 6.07) is 2.98. The highest BCUT2D eigenvalue weighted by Crippen LogP contribution is 2.27. The first-order valence-corrected chi connectivity index (χ1v) is 10.4. The van der Waals surface area contributed by atoms with Gasteiger partial charge in [0.15, 0.2) is 11.6 Å². The van der Waals surface area contributed by atoms with Crippen molar-refractivity contribution < 1.29 is 28.6 Å². The second-order valence-electron chi connectivity index (χ2n) is 8.26. The molecule has 0 bridgehead atoms. The summed E-state index contributed by atoms with van der Waals surface area (Å²) < 4.78 is 25.7. The number of carbonyl (C=O) groups excluding carboxylic acids is 1. The van der Waals surface area contributed by atoms with Crippen LogP contribution in [0.15, 0.2) is 33.8 Å². The van der Waals surface area contributed by atoms with E-state index in [2.05, 4.69) is 10.3 Å². The molecule has 0 spiro atoms. The van der Waals surface area contributed by atoms with E-state index in [1.54, 1.807) is 0 Å². The molecule has 2 aromatic heterocycles. The van der Waals surface area contributed by atoms with Crippen molar-refractivity contribution in [3.8, 4) is 0 Å². The van der Waals surface area contributed by atoms with Gasteiger partial charge in [-0.05, 0) is 25.0 Å². The van der Waals surface area contributed by atoms with Crippen LogP contribution in [-0.4, -0.2) is 56.6 Å². The molecule has 10 nitrogen and oxygen atoms in total. The largest absolute Gasteiger partial charge is 0.464 e. The van der Waals surface area contributed by atoms with E-state index in [4.69, 9.17) is 14.9 Å². The maximum atomic E-state index is 13.6. The highest BCUT2D eigenvalue weighted by Gasteiger charge is 2.39. The predicted molar refractivity (Wildman–Crippen MR) is 116 cm³/mol. The number of hydrogen-bond donors (Lipinski definition) is 4. The summed E-state index contributed by atoms with van der Waals surface area (Å²) in [6.45, 7) is 3.56. The summed E-state index contributed by atoms with van der Waals surface area (Å²) >= 11 is 0. The number of hydrogen-bond acceptors (Lipinski definition) is 8. The molecule has 1 fully saturated rings. The van der Waals surface area contributed by atoms with Crippen LogP contribution in [0.4, 0.5) is 10.2 Å². The molecule has 1 amide bonds.